The van der Waals surface area contributed by atoms with Crippen LogP contribution in [0.25, 0.3) is 0 Å². The summed E-state index contributed by atoms with van der Waals surface area (Å²) in [4.78, 5) is 14.8. The van der Waals surface area contributed by atoms with Gasteiger partial charge in [0.15, 0.2) is 14.9 Å². The number of carbonyl (C=O) groups excluding carboxylic acids is 1. The van der Waals surface area contributed by atoms with Crippen molar-refractivity contribution >= 4 is 15.7 Å². The number of nitrogens with zero attached hydrogens (tertiary/aromatic N) is 1. The van der Waals surface area contributed by atoms with E-state index >= 15 is 0 Å². The van der Waals surface area contributed by atoms with E-state index < -0.39 is 15.7 Å². The van der Waals surface area contributed by atoms with Crippen LogP contribution in [0.15, 0.2) is 23.4 Å². The highest BCUT2D eigenvalue weighted by Crippen LogP contribution is 2.11. The minimum atomic E-state index is -3.52. The fourth-order valence-electron chi connectivity index (χ4n) is 0.937. The van der Waals surface area contributed by atoms with E-state index in [1.54, 1.807) is 0 Å². The van der Waals surface area contributed by atoms with E-state index in [1.165, 1.54) is 18.3 Å². The molecule has 0 saturated carbocycles. The lowest BCUT2D eigenvalue weighted by Crippen LogP contribution is -2.31. The summed E-state index contributed by atoms with van der Waals surface area (Å²) in [6, 6.07) is 2.80. The van der Waals surface area contributed by atoms with Gasteiger partial charge in [-0.1, -0.05) is 0 Å². The molecule has 0 saturated heterocycles. The Hall–Kier alpha value is -1.47. The molecule has 7 heteroatoms. The van der Waals surface area contributed by atoms with E-state index in [4.69, 9.17) is 5.84 Å². The quantitative estimate of drug-likeness (QED) is 0.377. The number of carbonyl (C=O) groups is 1. The lowest BCUT2D eigenvalue weighted by Gasteiger charge is -2.03. The van der Waals surface area contributed by atoms with Crippen molar-refractivity contribution in [1.82, 2.24) is 10.4 Å². The van der Waals surface area contributed by atoms with Crippen LogP contribution in [0.2, 0.25) is 0 Å². The van der Waals surface area contributed by atoms with E-state index in [0.29, 0.717) is 0 Å². The van der Waals surface area contributed by atoms with Crippen molar-refractivity contribution in [2.24, 2.45) is 5.84 Å². The van der Waals surface area contributed by atoms with Gasteiger partial charge in [-0.25, -0.2) is 19.2 Å². The van der Waals surface area contributed by atoms with Crippen molar-refractivity contribution in [3.8, 4) is 0 Å². The van der Waals surface area contributed by atoms with Gasteiger partial charge in [0.05, 0.1) is 5.56 Å². The second kappa shape index (κ2) is 3.72. The SMILES string of the molecule is CS(=O)(=O)c1ncccc1C(=O)NN. The molecule has 0 aromatic carbocycles. The molecule has 0 spiro atoms. The van der Waals surface area contributed by atoms with Gasteiger partial charge in [0, 0.05) is 12.5 Å². The van der Waals surface area contributed by atoms with E-state index in [-0.39, 0.29) is 10.6 Å². The van der Waals surface area contributed by atoms with Crippen LogP contribution in [0.3, 0.4) is 0 Å². The molecule has 1 aromatic rings. The van der Waals surface area contributed by atoms with Crippen LogP contribution in [0.5, 0.6) is 0 Å². The third-order valence-corrected chi connectivity index (χ3v) is 2.53. The molecule has 3 N–H and O–H groups in total. The van der Waals surface area contributed by atoms with Crippen molar-refractivity contribution in [1.29, 1.82) is 0 Å². The highest BCUT2D eigenvalue weighted by Gasteiger charge is 2.18. The van der Waals surface area contributed by atoms with E-state index in [2.05, 4.69) is 4.98 Å². The number of pyridine rings is 1. The Labute approximate surface area is 81.0 Å². The lowest BCUT2D eigenvalue weighted by atomic mass is 10.3. The molecule has 1 rings (SSSR count). The summed E-state index contributed by atoms with van der Waals surface area (Å²) < 4.78 is 22.4. The summed E-state index contributed by atoms with van der Waals surface area (Å²) in [6.45, 7) is 0. The molecule has 0 radical (unpaired) electrons. The van der Waals surface area contributed by atoms with Crippen LogP contribution in [-0.2, 0) is 9.84 Å². The number of nitrogen functional groups attached to an aromatic ring is 1. The average Bonchev–Trinajstić information content (AvgIpc) is 2.15. The highest BCUT2D eigenvalue weighted by molar-refractivity contribution is 7.90. The molecule has 1 aromatic heterocycles. The fourth-order valence-corrected chi connectivity index (χ4v) is 1.75. The van der Waals surface area contributed by atoms with Crippen molar-refractivity contribution in [2.45, 2.75) is 5.03 Å². The first-order chi connectivity index (χ1) is 6.46. The zero-order valence-corrected chi connectivity index (χ0v) is 8.21. The Bertz CT molecular complexity index is 455. The molecule has 0 aliphatic rings. The van der Waals surface area contributed by atoms with Crippen LogP contribution >= 0.6 is 0 Å². The molecule has 1 heterocycles. The molecule has 1 amide bonds. The van der Waals surface area contributed by atoms with Gasteiger partial charge < -0.3 is 0 Å². The maximum atomic E-state index is 11.2. The molecule has 14 heavy (non-hydrogen) atoms. The van der Waals surface area contributed by atoms with Crippen LogP contribution in [0.4, 0.5) is 0 Å². The Balaban J connectivity index is 3.38. The number of hydrazine groups is 1. The highest BCUT2D eigenvalue weighted by atomic mass is 32.2. The normalized spacial score (nSPS) is 11.0. The average molecular weight is 215 g/mol. The maximum Gasteiger partial charge on any atom is 0.268 e. The third-order valence-electron chi connectivity index (χ3n) is 1.50. The predicted octanol–water partition coefficient (Wildman–Crippen LogP) is -0.911. The first-order valence-electron chi connectivity index (χ1n) is 3.63. The zero-order chi connectivity index (χ0) is 10.8. The van der Waals surface area contributed by atoms with E-state index in [9.17, 15) is 13.2 Å². The molecule has 0 aliphatic heterocycles. The lowest BCUT2D eigenvalue weighted by molar-refractivity contribution is 0.0949. The second-order valence-electron chi connectivity index (χ2n) is 2.60. The molecule has 0 atom stereocenters. The number of amides is 1. The van der Waals surface area contributed by atoms with Gasteiger partial charge in [-0.05, 0) is 12.1 Å². The van der Waals surface area contributed by atoms with Crippen LogP contribution in [0.1, 0.15) is 10.4 Å². The van der Waals surface area contributed by atoms with E-state index in [1.807, 2.05) is 5.43 Å². The Morgan fingerprint density at radius 2 is 2.21 bits per heavy atom. The molecule has 6 nitrogen and oxygen atoms in total. The fraction of sp³-hybridized carbons (Fsp3) is 0.143. The summed E-state index contributed by atoms with van der Waals surface area (Å²) in [5, 5.41) is -0.275. The van der Waals surface area contributed by atoms with Gasteiger partial charge in [0.25, 0.3) is 5.91 Å². The standard InChI is InChI=1S/C7H9N3O3S/c1-14(12,13)7-5(6(11)10-8)3-2-4-9-7/h2-4H,8H2,1H3,(H,10,11). The number of sulfone groups is 1. The van der Waals surface area contributed by atoms with Gasteiger partial charge in [0.1, 0.15) is 0 Å². The molecular weight excluding hydrogens is 206 g/mol. The van der Waals surface area contributed by atoms with Gasteiger partial charge >= 0.3 is 0 Å². The summed E-state index contributed by atoms with van der Waals surface area (Å²) in [5.41, 5.74) is 1.79. The van der Waals surface area contributed by atoms with Crippen molar-refractivity contribution in [3.05, 3.63) is 23.9 Å². The molecule has 0 fully saturated rings. The van der Waals surface area contributed by atoms with Crippen molar-refractivity contribution < 1.29 is 13.2 Å². The monoisotopic (exact) mass is 215 g/mol. The Morgan fingerprint density at radius 1 is 1.57 bits per heavy atom. The van der Waals surface area contributed by atoms with Gasteiger partial charge in [-0.15, -0.1) is 0 Å². The number of rotatable bonds is 2. The summed E-state index contributed by atoms with van der Waals surface area (Å²) in [5.74, 6) is 4.21. The number of hydrogen-bond acceptors (Lipinski definition) is 5. The van der Waals surface area contributed by atoms with Crippen molar-refractivity contribution in [3.63, 3.8) is 0 Å². The van der Waals surface area contributed by atoms with E-state index in [0.717, 1.165) is 6.26 Å². The maximum absolute atomic E-state index is 11.2. The summed E-state index contributed by atoms with van der Waals surface area (Å²) >= 11 is 0. The zero-order valence-electron chi connectivity index (χ0n) is 7.39. The third kappa shape index (κ3) is 2.06. The number of nitrogens with two attached hydrogens (primary N) is 1. The van der Waals surface area contributed by atoms with Gasteiger partial charge in [-0.2, -0.15) is 0 Å². The number of hydrogen-bond donors (Lipinski definition) is 2. The first kappa shape index (κ1) is 10.6. The van der Waals surface area contributed by atoms with Gasteiger partial charge in [0.2, 0.25) is 0 Å². The molecule has 76 valence electrons. The molecule has 0 unspecified atom stereocenters. The Morgan fingerprint density at radius 3 is 2.71 bits per heavy atom. The smallest absolute Gasteiger partial charge is 0.268 e. The predicted molar refractivity (Wildman–Crippen MR) is 49.0 cm³/mol. The second-order valence-corrected chi connectivity index (χ2v) is 4.53. The molecular formula is C7H9N3O3S. The summed E-state index contributed by atoms with van der Waals surface area (Å²) in [6.07, 6.45) is 2.27. The van der Waals surface area contributed by atoms with Gasteiger partial charge in [-0.3, -0.25) is 10.2 Å². The minimum absolute atomic E-state index is 0.0579. The first-order valence-corrected chi connectivity index (χ1v) is 5.52. The molecule has 0 bridgehead atoms. The van der Waals surface area contributed by atoms with Crippen molar-refractivity contribution in [2.75, 3.05) is 6.26 Å². The number of nitrogens with one attached hydrogen (secondary N) is 1. The summed E-state index contributed by atoms with van der Waals surface area (Å²) in [7, 11) is -3.52. The topological polar surface area (TPSA) is 102 Å². The van der Waals surface area contributed by atoms with Crippen LogP contribution in [0, 0.1) is 0 Å². The largest absolute Gasteiger partial charge is 0.290 e. The van der Waals surface area contributed by atoms with Crippen LogP contribution in [-0.4, -0.2) is 25.6 Å². The minimum Gasteiger partial charge on any atom is -0.290 e. The molecule has 0 aliphatic carbocycles. The van der Waals surface area contributed by atoms with Crippen LogP contribution < -0.4 is 11.3 Å². The number of aromatic nitrogens is 1. The Kier molecular flexibility index (Phi) is 2.82.